The predicted molar refractivity (Wildman–Crippen MR) is 91.0 cm³/mol. The molecule has 2 aromatic rings. The Labute approximate surface area is 140 Å². The third-order valence-electron chi connectivity index (χ3n) is 3.72. The lowest BCUT2D eigenvalue weighted by Crippen LogP contribution is -2.47. The molecule has 0 atom stereocenters. The van der Waals surface area contributed by atoms with E-state index in [-0.39, 0.29) is 5.91 Å². The third-order valence-corrected chi connectivity index (χ3v) is 3.72. The Balaban J connectivity index is 1.58. The molecule has 0 aliphatic carbocycles. The van der Waals surface area contributed by atoms with Gasteiger partial charge in [-0.3, -0.25) is 4.79 Å². The van der Waals surface area contributed by atoms with Crippen molar-refractivity contribution in [3.8, 4) is 0 Å². The van der Waals surface area contributed by atoms with Crippen LogP contribution in [0.3, 0.4) is 0 Å². The number of hydrogen-bond acceptors (Lipinski definition) is 7. The zero-order valence-electron chi connectivity index (χ0n) is 13.3. The van der Waals surface area contributed by atoms with Gasteiger partial charge in [0.2, 0.25) is 5.95 Å². The molecule has 0 bridgehead atoms. The SMILES string of the molecule is C=CCNC(=O)c1cnc(N2CCN(c3ncccn3)CC2)cn1. The first-order valence-corrected chi connectivity index (χ1v) is 7.76. The minimum atomic E-state index is -0.250. The molecule has 124 valence electrons. The second kappa shape index (κ2) is 7.49. The second-order valence-electron chi connectivity index (χ2n) is 5.28. The zero-order valence-corrected chi connectivity index (χ0v) is 13.3. The summed E-state index contributed by atoms with van der Waals surface area (Å²) in [5, 5.41) is 2.68. The number of nitrogens with one attached hydrogen (secondary N) is 1. The van der Waals surface area contributed by atoms with Crippen LogP contribution in [0.15, 0.2) is 43.5 Å². The van der Waals surface area contributed by atoms with E-state index in [1.54, 1.807) is 24.7 Å². The van der Waals surface area contributed by atoms with Crippen molar-refractivity contribution in [3.05, 3.63) is 49.2 Å². The van der Waals surface area contributed by atoms with Gasteiger partial charge in [0.15, 0.2) is 0 Å². The molecule has 0 radical (unpaired) electrons. The summed E-state index contributed by atoms with van der Waals surface area (Å²) >= 11 is 0. The normalized spacial score (nSPS) is 14.3. The molecule has 24 heavy (non-hydrogen) atoms. The van der Waals surface area contributed by atoms with Crippen molar-refractivity contribution >= 4 is 17.7 Å². The second-order valence-corrected chi connectivity index (χ2v) is 5.28. The quantitative estimate of drug-likeness (QED) is 0.801. The molecule has 1 N–H and O–H groups in total. The summed E-state index contributed by atoms with van der Waals surface area (Å²) in [5.74, 6) is 1.27. The highest BCUT2D eigenvalue weighted by Crippen LogP contribution is 2.15. The summed E-state index contributed by atoms with van der Waals surface area (Å²) < 4.78 is 0. The Morgan fingerprint density at radius 2 is 1.79 bits per heavy atom. The highest BCUT2D eigenvalue weighted by Gasteiger charge is 2.20. The molecule has 1 saturated heterocycles. The topological polar surface area (TPSA) is 87.1 Å². The van der Waals surface area contributed by atoms with E-state index in [0.29, 0.717) is 12.2 Å². The molecule has 0 spiro atoms. The van der Waals surface area contributed by atoms with Gasteiger partial charge in [0, 0.05) is 45.1 Å². The van der Waals surface area contributed by atoms with E-state index in [4.69, 9.17) is 0 Å². The highest BCUT2D eigenvalue weighted by atomic mass is 16.1. The van der Waals surface area contributed by atoms with Gasteiger partial charge in [-0.15, -0.1) is 6.58 Å². The number of nitrogens with zero attached hydrogens (tertiary/aromatic N) is 6. The number of carbonyl (C=O) groups is 1. The first-order valence-electron chi connectivity index (χ1n) is 7.76. The maximum absolute atomic E-state index is 11.8. The molecular formula is C16H19N7O. The molecule has 8 heteroatoms. The van der Waals surface area contributed by atoms with Gasteiger partial charge in [0.1, 0.15) is 11.5 Å². The predicted octanol–water partition coefficient (Wildman–Crippen LogP) is 0.509. The van der Waals surface area contributed by atoms with Crippen LogP contribution >= 0.6 is 0 Å². The molecule has 3 heterocycles. The lowest BCUT2D eigenvalue weighted by Gasteiger charge is -2.35. The van der Waals surface area contributed by atoms with Gasteiger partial charge in [-0.25, -0.2) is 19.9 Å². The van der Waals surface area contributed by atoms with Crippen molar-refractivity contribution in [3.63, 3.8) is 0 Å². The van der Waals surface area contributed by atoms with Crippen molar-refractivity contribution in [1.82, 2.24) is 25.3 Å². The van der Waals surface area contributed by atoms with E-state index >= 15 is 0 Å². The van der Waals surface area contributed by atoms with E-state index in [0.717, 1.165) is 37.9 Å². The highest BCUT2D eigenvalue weighted by molar-refractivity contribution is 5.92. The smallest absolute Gasteiger partial charge is 0.271 e. The zero-order chi connectivity index (χ0) is 16.8. The lowest BCUT2D eigenvalue weighted by molar-refractivity contribution is 0.0952. The van der Waals surface area contributed by atoms with Gasteiger partial charge in [-0.2, -0.15) is 0 Å². The molecule has 1 aliphatic rings. The van der Waals surface area contributed by atoms with E-state index in [9.17, 15) is 4.79 Å². The van der Waals surface area contributed by atoms with Gasteiger partial charge in [-0.1, -0.05) is 6.08 Å². The molecule has 0 unspecified atom stereocenters. The van der Waals surface area contributed by atoms with Crippen LogP contribution in [0.5, 0.6) is 0 Å². The molecule has 1 amide bonds. The summed E-state index contributed by atoms with van der Waals surface area (Å²) in [6.45, 7) is 7.19. The molecule has 0 saturated carbocycles. The molecule has 8 nitrogen and oxygen atoms in total. The van der Waals surface area contributed by atoms with Crippen LogP contribution in [-0.2, 0) is 0 Å². The molecule has 3 rings (SSSR count). The Morgan fingerprint density at radius 3 is 2.42 bits per heavy atom. The average Bonchev–Trinajstić information content (AvgIpc) is 2.67. The summed E-state index contributed by atoms with van der Waals surface area (Å²) in [6, 6.07) is 1.81. The van der Waals surface area contributed by atoms with Crippen LogP contribution in [-0.4, -0.2) is 58.6 Å². The number of hydrogen-bond donors (Lipinski definition) is 1. The molecule has 1 aliphatic heterocycles. The van der Waals surface area contributed by atoms with Gasteiger partial charge < -0.3 is 15.1 Å². The van der Waals surface area contributed by atoms with E-state index in [1.165, 1.54) is 6.20 Å². The fraction of sp³-hybridized carbons (Fsp3) is 0.312. The first-order chi connectivity index (χ1) is 11.8. The minimum absolute atomic E-state index is 0.250. The van der Waals surface area contributed by atoms with Crippen molar-refractivity contribution in [1.29, 1.82) is 0 Å². The largest absolute Gasteiger partial charge is 0.352 e. The van der Waals surface area contributed by atoms with Gasteiger partial charge in [0.05, 0.1) is 12.4 Å². The Kier molecular flexibility index (Phi) is 4.95. The van der Waals surface area contributed by atoms with Crippen LogP contribution in [0.25, 0.3) is 0 Å². The standard InChI is InChI=1S/C16H19N7O/c1-2-4-17-15(24)13-11-21-14(12-20-13)22-7-9-23(10-8-22)16-18-5-3-6-19-16/h2-3,5-6,11-12H,1,4,7-10H2,(H,17,24). The maximum Gasteiger partial charge on any atom is 0.271 e. The first kappa shape index (κ1) is 15.9. The Hall–Kier alpha value is -3.03. The number of amides is 1. The average molecular weight is 325 g/mol. The number of carbonyl (C=O) groups excluding carboxylic acids is 1. The lowest BCUT2D eigenvalue weighted by atomic mass is 10.3. The fourth-order valence-corrected chi connectivity index (χ4v) is 2.45. The fourth-order valence-electron chi connectivity index (χ4n) is 2.45. The summed E-state index contributed by atoms with van der Waals surface area (Å²) in [5.41, 5.74) is 0.303. The van der Waals surface area contributed by atoms with Crippen molar-refractivity contribution in [2.24, 2.45) is 0 Å². The number of rotatable bonds is 5. The molecule has 0 aromatic carbocycles. The van der Waals surface area contributed by atoms with E-state index in [1.807, 2.05) is 6.07 Å². The van der Waals surface area contributed by atoms with Gasteiger partial charge >= 0.3 is 0 Å². The summed E-state index contributed by atoms with van der Waals surface area (Å²) in [6.07, 6.45) is 8.25. The van der Waals surface area contributed by atoms with E-state index in [2.05, 4.69) is 41.6 Å². The van der Waals surface area contributed by atoms with Crippen LogP contribution < -0.4 is 15.1 Å². The van der Waals surface area contributed by atoms with Crippen LogP contribution in [0, 0.1) is 0 Å². The Morgan fingerprint density at radius 1 is 1.08 bits per heavy atom. The van der Waals surface area contributed by atoms with E-state index < -0.39 is 0 Å². The summed E-state index contributed by atoms with van der Waals surface area (Å²) in [7, 11) is 0. The van der Waals surface area contributed by atoms with Crippen LogP contribution in [0.4, 0.5) is 11.8 Å². The van der Waals surface area contributed by atoms with Gasteiger partial charge in [0.25, 0.3) is 5.91 Å². The van der Waals surface area contributed by atoms with Crippen LogP contribution in [0.1, 0.15) is 10.5 Å². The number of piperazine rings is 1. The summed E-state index contributed by atoms with van der Waals surface area (Å²) in [4.78, 5) is 33.2. The number of anilines is 2. The van der Waals surface area contributed by atoms with Crippen molar-refractivity contribution < 1.29 is 4.79 Å². The minimum Gasteiger partial charge on any atom is -0.352 e. The van der Waals surface area contributed by atoms with Crippen molar-refractivity contribution in [2.75, 3.05) is 42.5 Å². The molecule has 2 aromatic heterocycles. The van der Waals surface area contributed by atoms with Crippen molar-refractivity contribution in [2.45, 2.75) is 0 Å². The van der Waals surface area contributed by atoms with Gasteiger partial charge in [-0.05, 0) is 6.07 Å². The monoisotopic (exact) mass is 325 g/mol. The maximum atomic E-state index is 11.8. The van der Waals surface area contributed by atoms with Crippen LogP contribution in [0.2, 0.25) is 0 Å². The molecule has 1 fully saturated rings. The number of aromatic nitrogens is 4. The molecular weight excluding hydrogens is 306 g/mol. The Bertz CT molecular complexity index is 681. The third kappa shape index (κ3) is 3.65.